The van der Waals surface area contributed by atoms with Gasteiger partial charge < -0.3 is 15.4 Å². The number of hydrogen-bond acceptors (Lipinski definition) is 5. The smallest absolute Gasteiger partial charge is 0.312 e. The molecule has 24 heavy (non-hydrogen) atoms. The highest BCUT2D eigenvalue weighted by atomic mass is 16.5. The molecule has 1 aromatic heterocycles. The SMILES string of the molecule is CCOC(=O)Cc1nn(CC)c(Nc2ccccc2)c1NC(C)=O. The van der Waals surface area contributed by atoms with E-state index in [0.717, 1.165) is 5.69 Å². The van der Waals surface area contributed by atoms with Gasteiger partial charge in [-0.3, -0.25) is 9.59 Å². The minimum atomic E-state index is -0.379. The van der Waals surface area contributed by atoms with Crippen LogP contribution in [0.15, 0.2) is 30.3 Å². The minimum absolute atomic E-state index is 0.0000764. The maximum atomic E-state index is 11.8. The molecule has 1 aromatic carbocycles. The average molecular weight is 330 g/mol. The van der Waals surface area contributed by atoms with Crippen LogP contribution in [0.2, 0.25) is 0 Å². The van der Waals surface area contributed by atoms with Crippen LogP contribution in [0.5, 0.6) is 0 Å². The van der Waals surface area contributed by atoms with Crippen LogP contribution in [0.1, 0.15) is 26.5 Å². The highest BCUT2D eigenvalue weighted by Crippen LogP contribution is 2.30. The van der Waals surface area contributed by atoms with E-state index in [1.165, 1.54) is 6.92 Å². The molecule has 2 N–H and O–H groups in total. The molecular formula is C17H22N4O3. The first kappa shape index (κ1) is 17.5. The van der Waals surface area contributed by atoms with Crippen LogP contribution in [-0.2, 0) is 27.3 Å². The van der Waals surface area contributed by atoms with Crippen molar-refractivity contribution in [1.29, 1.82) is 0 Å². The number of aromatic nitrogens is 2. The normalized spacial score (nSPS) is 10.3. The summed E-state index contributed by atoms with van der Waals surface area (Å²) in [5.41, 5.74) is 1.84. The Morgan fingerprint density at radius 3 is 2.50 bits per heavy atom. The van der Waals surface area contributed by atoms with Crippen LogP contribution < -0.4 is 10.6 Å². The Morgan fingerprint density at radius 2 is 1.92 bits per heavy atom. The molecule has 0 bridgehead atoms. The molecule has 1 heterocycles. The van der Waals surface area contributed by atoms with E-state index >= 15 is 0 Å². The molecular weight excluding hydrogens is 308 g/mol. The second-order valence-corrected chi connectivity index (χ2v) is 5.14. The van der Waals surface area contributed by atoms with Crippen molar-refractivity contribution in [2.75, 3.05) is 17.2 Å². The molecule has 1 amide bonds. The summed E-state index contributed by atoms with van der Waals surface area (Å²) < 4.78 is 6.70. The highest BCUT2D eigenvalue weighted by molar-refractivity contribution is 5.94. The van der Waals surface area contributed by atoms with Gasteiger partial charge in [-0.05, 0) is 26.0 Å². The molecule has 2 aromatic rings. The van der Waals surface area contributed by atoms with Gasteiger partial charge in [0.2, 0.25) is 5.91 Å². The summed E-state index contributed by atoms with van der Waals surface area (Å²) in [7, 11) is 0. The lowest BCUT2D eigenvalue weighted by Crippen LogP contribution is -2.12. The monoisotopic (exact) mass is 330 g/mol. The van der Waals surface area contributed by atoms with Gasteiger partial charge in [-0.25, -0.2) is 4.68 Å². The molecule has 0 atom stereocenters. The van der Waals surface area contributed by atoms with E-state index in [-0.39, 0.29) is 18.3 Å². The Labute approximate surface area is 141 Å². The third-order valence-electron chi connectivity index (χ3n) is 3.28. The van der Waals surface area contributed by atoms with Crippen LogP contribution in [-0.4, -0.2) is 28.3 Å². The Hall–Kier alpha value is -2.83. The van der Waals surface area contributed by atoms with Gasteiger partial charge in [0, 0.05) is 19.2 Å². The maximum Gasteiger partial charge on any atom is 0.312 e. The number of rotatable bonds is 7. The molecule has 0 unspecified atom stereocenters. The van der Waals surface area contributed by atoms with Gasteiger partial charge in [-0.1, -0.05) is 18.2 Å². The first-order valence-electron chi connectivity index (χ1n) is 7.90. The summed E-state index contributed by atoms with van der Waals surface area (Å²) in [4.78, 5) is 23.4. The fourth-order valence-electron chi connectivity index (χ4n) is 2.31. The van der Waals surface area contributed by atoms with Crippen molar-refractivity contribution >= 4 is 29.1 Å². The number of anilines is 3. The number of nitrogens with zero attached hydrogens (tertiary/aromatic N) is 2. The van der Waals surface area contributed by atoms with Crippen molar-refractivity contribution in [2.24, 2.45) is 0 Å². The number of aryl methyl sites for hydroxylation is 1. The number of carbonyl (C=O) groups is 2. The van der Waals surface area contributed by atoms with Crippen LogP contribution in [0, 0.1) is 0 Å². The molecule has 7 nitrogen and oxygen atoms in total. The summed E-state index contributed by atoms with van der Waals surface area (Å²) in [6.45, 7) is 6.00. The molecule has 0 radical (unpaired) electrons. The zero-order valence-electron chi connectivity index (χ0n) is 14.1. The van der Waals surface area contributed by atoms with Crippen LogP contribution in [0.3, 0.4) is 0 Å². The van der Waals surface area contributed by atoms with Crippen molar-refractivity contribution in [1.82, 2.24) is 9.78 Å². The standard InChI is InChI=1S/C17H22N4O3/c1-4-21-17(19-13-9-7-6-8-10-13)16(18-12(3)22)14(20-21)11-15(23)24-5-2/h6-10,19H,4-5,11H2,1-3H3,(H,18,22). The Morgan fingerprint density at radius 1 is 1.21 bits per heavy atom. The van der Waals surface area contributed by atoms with Gasteiger partial charge >= 0.3 is 5.97 Å². The maximum absolute atomic E-state index is 11.8. The second-order valence-electron chi connectivity index (χ2n) is 5.14. The highest BCUT2D eigenvalue weighted by Gasteiger charge is 2.21. The van der Waals surface area contributed by atoms with E-state index in [9.17, 15) is 9.59 Å². The third kappa shape index (κ3) is 4.34. The lowest BCUT2D eigenvalue weighted by atomic mass is 10.2. The number of para-hydroxylation sites is 1. The van der Waals surface area contributed by atoms with Gasteiger partial charge in [-0.2, -0.15) is 5.10 Å². The lowest BCUT2D eigenvalue weighted by molar-refractivity contribution is -0.142. The summed E-state index contributed by atoms with van der Waals surface area (Å²) >= 11 is 0. The minimum Gasteiger partial charge on any atom is -0.466 e. The van der Waals surface area contributed by atoms with Crippen molar-refractivity contribution < 1.29 is 14.3 Å². The molecule has 128 valence electrons. The summed E-state index contributed by atoms with van der Waals surface area (Å²) in [6, 6.07) is 9.56. The van der Waals surface area contributed by atoms with Crippen LogP contribution in [0.25, 0.3) is 0 Å². The molecule has 2 rings (SSSR count). The number of esters is 1. The molecule has 0 aliphatic rings. The fourth-order valence-corrected chi connectivity index (χ4v) is 2.31. The van der Waals surface area contributed by atoms with E-state index in [0.29, 0.717) is 30.4 Å². The molecule has 0 aliphatic heterocycles. The first-order valence-corrected chi connectivity index (χ1v) is 7.90. The molecule has 0 saturated carbocycles. The average Bonchev–Trinajstić information content (AvgIpc) is 2.85. The van der Waals surface area contributed by atoms with Gasteiger partial charge in [0.1, 0.15) is 5.69 Å². The first-order chi connectivity index (χ1) is 11.5. The Kier molecular flexibility index (Phi) is 5.95. The largest absolute Gasteiger partial charge is 0.466 e. The van der Waals surface area contributed by atoms with E-state index in [1.807, 2.05) is 37.3 Å². The van der Waals surface area contributed by atoms with Crippen molar-refractivity contribution in [3.05, 3.63) is 36.0 Å². The van der Waals surface area contributed by atoms with Gasteiger partial charge in [0.25, 0.3) is 0 Å². The van der Waals surface area contributed by atoms with Gasteiger partial charge in [0.15, 0.2) is 5.82 Å². The quantitative estimate of drug-likeness (QED) is 0.763. The van der Waals surface area contributed by atoms with E-state index < -0.39 is 0 Å². The molecule has 7 heteroatoms. The number of nitrogens with one attached hydrogen (secondary N) is 2. The lowest BCUT2D eigenvalue weighted by Gasteiger charge is -2.11. The van der Waals surface area contributed by atoms with Crippen LogP contribution in [0.4, 0.5) is 17.2 Å². The van der Waals surface area contributed by atoms with E-state index in [4.69, 9.17) is 4.74 Å². The zero-order chi connectivity index (χ0) is 17.5. The topological polar surface area (TPSA) is 85.2 Å². The van der Waals surface area contributed by atoms with Gasteiger partial charge in [0.05, 0.1) is 18.7 Å². The third-order valence-corrected chi connectivity index (χ3v) is 3.28. The number of hydrogen-bond donors (Lipinski definition) is 2. The van der Waals surface area contributed by atoms with E-state index in [1.54, 1.807) is 11.6 Å². The number of ether oxygens (including phenoxy) is 1. The Bertz CT molecular complexity index is 710. The van der Waals surface area contributed by atoms with E-state index in [2.05, 4.69) is 15.7 Å². The van der Waals surface area contributed by atoms with Gasteiger partial charge in [-0.15, -0.1) is 0 Å². The van der Waals surface area contributed by atoms with Crippen LogP contribution >= 0.6 is 0 Å². The van der Waals surface area contributed by atoms with Crippen molar-refractivity contribution in [2.45, 2.75) is 33.7 Å². The fraction of sp³-hybridized carbons (Fsp3) is 0.353. The number of carbonyl (C=O) groups excluding carboxylic acids is 2. The zero-order valence-corrected chi connectivity index (χ0v) is 14.1. The van der Waals surface area contributed by atoms with Crippen molar-refractivity contribution in [3.63, 3.8) is 0 Å². The molecule has 0 fully saturated rings. The molecule has 0 aliphatic carbocycles. The summed E-state index contributed by atoms with van der Waals surface area (Å²) in [5, 5.41) is 10.5. The molecule has 0 spiro atoms. The number of amides is 1. The predicted octanol–water partition coefficient (Wildman–Crippen LogP) is 2.71. The predicted molar refractivity (Wildman–Crippen MR) is 92.3 cm³/mol. The summed E-state index contributed by atoms with van der Waals surface area (Å²) in [6.07, 6.45) is -0.0000764. The number of benzene rings is 1. The summed E-state index contributed by atoms with van der Waals surface area (Å²) in [5.74, 6) is 0.0289. The molecule has 0 saturated heterocycles. The second kappa shape index (κ2) is 8.14. The van der Waals surface area contributed by atoms with Crippen molar-refractivity contribution in [3.8, 4) is 0 Å². The Balaban J connectivity index is 2.40.